The van der Waals surface area contributed by atoms with Gasteiger partial charge in [0.25, 0.3) is 5.91 Å². The van der Waals surface area contributed by atoms with Crippen LogP contribution in [0.5, 0.6) is 0 Å². The number of carbonyl (C=O) groups excluding carboxylic acids is 1. The number of nitrogens with zero attached hydrogens (tertiary/aromatic N) is 2. The van der Waals surface area contributed by atoms with Gasteiger partial charge in [-0.15, -0.1) is 23.7 Å². The first-order chi connectivity index (χ1) is 11.6. The van der Waals surface area contributed by atoms with Gasteiger partial charge < -0.3 is 10.2 Å². The van der Waals surface area contributed by atoms with E-state index in [2.05, 4.69) is 5.32 Å². The largest absolute Gasteiger partial charge is 0.336 e. The maximum Gasteiger partial charge on any atom is 0.265 e. The van der Waals surface area contributed by atoms with Gasteiger partial charge in [0.2, 0.25) is 10.0 Å². The Morgan fingerprint density at radius 2 is 1.84 bits per heavy atom. The van der Waals surface area contributed by atoms with Gasteiger partial charge in [0.05, 0.1) is 0 Å². The predicted octanol–water partition coefficient (Wildman–Crippen LogP) is 1.92. The smallest absolute Gasteiger partial charge is 0.265 e. The summed E-state index contributed by atoms with van der Waals surface area (Å²) in [5.41, 5.74) is 0. The van der Waals surface area contributed by atoms with E-state index in [9.17, 15) is 13.2 Å². The molecule has 1 aromatic rings. The average Bonchev–Trinajstić information content (AvgIpc) is 3.27. The number of halogens is 1. The molecule has 9 heteroatoms. The highest BCUT2D eigenvalue weighted by Crippen LogP contribution is 2.30. The topological polar surface area (TPSA) is 69.7 Å². The summed E-state index contributed by atoms with van der Waals surface area (Å²) in [6.07, 6.45) is 5.01. The Morgan fingerprint density at radius 1 is 1.12 bits per heavy atom. The first kappa shape index (κ1) is 19.1. The van der Waals surface area contributed by atoms with Gasteiger partial charge in [-0.3, -0.25) is 4.79 Å². The molecule has 3 fully saturated rings. The Morgan fingerprint density at radius 3 is 2.60 bits per heavy atom. The molecule has 2 bridgehead atoms. The summed E-state index contributed by atoms with van der Waals surface area (Å²) in [5, 5.41) is 5.28. The molecule has 0 spiro atoms. The van der Waals surface area contributed by atoms with Crippen LogP contribution in [-0.4, -0.2) is 61.8 Å². The highest BCUT2D eigenvalue weighted by molar-refractivity contribution is 7.89. The van der Waals surface area contributed by atoms with E-state index < -0.39 is 10.0 Å². The van der Waals surface area contributed by atoms with Crippen molar-refractivity contribution in [1.29, 1.82) is 0 Å². The molecular weight excluding hydrogens is 382 g/mol. The molecule has 2 atom stereocenters. The molecule has 25 heavy (non-hydrogen) atoms. The Labute approximate surface area is 159 Å². The van der Waals surface area contributed by atoms with Crippen molar-refractivity contribution < 1.29 is 13.2 Å². The number of hydrogen-bond acceptors (Lipinski definition) is 5. The molecular formula is C16H24ClN3O3S2. The lowest BCUT2D eigenvalue weighted by Crippen LogP contribution is -2.39. The zero-order chi connectivity index (χ0) is 16.7. The average molecular weight is 406 g/mol. The maximum atomic E-state index is 13.0. The molecule has 1 aromatic heterocycles. The predicted molar refractivity (Wildman–Crippen MR) is 100 cm³/mol. The van der Waals surface area contributed by atoms with Gasteiger partial charge in [0, 0.05) is 38.3 Å². The Hall–Kier alpha value is -0.670. The fourth-order valence-corrected chi connectivity index (χ4v) is 6.87. The minimum atomic E-state index is -3.55. The number of thiophene rings is 1. The number of rotatable bonds is 3. The Balaban J connectivity index is 0.00000182. The van der Waals surface area contributed by atoms with Crippen molar-refractivity contribution in [2.45, 2.75) is 49.1 Å². The molecule has 3 aliphatic rings. The molecule has 140 valence electrons. The molecule has 0 aliphatic carbocycles. The van der Waals surface area contributed by atoms with Crippen molar-refractivity contribution in [2.75, 3.05) is 26.2 Å². The summed E-state index contributed by atoms with van der Waals surface area (Å²) in [5.74, 6) is -0.128. The summed E-state index contributed by atoms with van der Waals surface area (Å²) >= 11 is 1.25. The highest BCUT2D eigenvalue weighted by Gasteiger charge is 2.36. The van der Waals surface area contributed by atoms with Gasteiger partial charge in [-0.25, -0.2) is 8.42 Å². The van der Waals surface area contributed by atoms with Crippen molar-refractivity contribution in [1.82, 2.24) is 14.5 Å². The number of likely N-dealkylation sites (tertiary alicyclic amines) is 1. The van der Waals surface area contributed by atoms with Crippen molar-refractivity contribution >= 4 is 39.7 Å². The Bertz CT molecular complexity index is 731. The van der Waals surface area contributed by atoms with Crippen molar-refractivity contribution in [3.63, 3.8) is 0 Å². The quantitative estimate of drug-likeness (QED) is 0.834. The summed E-state index contributed by atoms with van der Waals surface area (Å²) < 4.78 is 27.2. The molecule has 4 heterocycles. The van der Waals surface area contributed by atoms with E-state index in [0.717, 1.165) is 25.7 Å². The fourth-order valence-electron chi connectivity index (χ4n) is 4.00. The number of sulfonamides is 1. The van der Waals surface area contributed by atoms with Crippen LogP contribution in [0.1, 0.15) is 41.8 Å². The second-order valence-corrected chi connectivity index (χ2v) is 9.73. The summed E-state index contributed by atoms with van der Waals surface area (Å²) in [6, 6.07) is 2.44. The molecule has 3 saturated heterocycles. The first-order valence-electron chi connectivity index (χ1n) is 8.68. The highest BCUT2D eigenvalue weighted by atomic mass is 35.5. The Kier molecular flexibility index (Phi) is 5.75. The van der Waals surface area contributed by atoms with Crippen LogP contribution in [0.4, 0.5) is 0 Å². The number of hydrogen-bond donors (Lipinski definition) is 1. The van der Waals surface area contributed by atoms with Gasteiger partial charge in [0.1, 0.15) is 9.77 Å². The molecule has 1 amide bonds. The number of nitrogens with one attached hydrogen (secondary N) is 1. The van der Waals surface area contributed by atoms with Gasteiger partial charge in [0.15, 0.2) is 0 Å². The molecule has 1 N–H and O–H groups in total. The van der Waals surface area contributed by atoms with E-state index in [1.165, 1.54) is 22.1 Å². The summed E-state index contributed by atoms with van der Waals surface area (Å²) in [4.78, 5) is 15.4. The van der Waals surface area contributed by atoms with E-state index in [-0.39, 0.29) is 23.2 Å². The van der Waals surface area contributed by atoms with Gasteiger partial charge in [-0.2, -0.15) is 4.31 Å². The minimum Gasteiger partial charge on any atom is -0.336 e. The van der Waals surface area contributed by atoms with E-state index in [1.807, 2.05) is 4.90 Å². The van der Waals surface area contributed by atoms with Gasteiger partial charge in [-0.05, 0) is 43.6 Å². The van der Waals surface area contributed by atoms with Crippen LogP contribution in [0.25, 0.3) is 0 Å². The lowest BCUT2D eigenvalue weighted by Gasteiger charge is -2.24. The monoisotopic (exact) mass is 405 g/mol. The molecule has 6 nitrogen and oxygen atoms in total. The zero-order valence-electron chi connectivity index (χ0n) is 14.0. The second-order valence-electron chi connectivity index (χ2n) is 6.90. The van der Waals surface area contributed by atoms with Crippen molar-refractivity contribution in [2.24, 2.45) is 0 Å². The first-order valence-corrected chi connectivity index (χ1v) is 11.0. The lowest BCUT2D eigenvalue weighted by molar-refractivity contribution is 0.0749. The molecule has 0 aromatic carbocycles. The van der Waals surface area contributed by atoms with E-state index in [0.29, 0.717) is 43.1 Å². The van der Waals surface area contributed by atoms with Crippen LogP contribution in [0.15, 0.2) is 16.3 Å². The number of carbonyl (C=O) groups is 1. The summed E-state index contributed by atoms with van der Waals surface area (Å²) in [6.45, 7) is 2.50. The zero-order valence-corrected chi connectivity index (χ0v) is 16.5. The van der Waals surface area contributed by atoms with Crippen LogP contribution in [-0.2, 0) is 10.0 Å². The molecule has 0 saturated carbocycles. The van der Waals surface area contributed by atoms with Crippen LogP contribution in [0.2, 0.25) is 0 Å². The SMILES string of the molecule is Cl.O=C(c1sccc1S(=O)(=O)N1CCCC1)N1CCC2CCC(C1)N2. The molecule has 2 unspecified atom stereocenters. The third kappa shape index (κ3) is 3.60. The standard InChI is InChI=1S/C16H23N3O3S2.ClH/c20-16(18-9-5-12-3-4-13(11-18)17-12)15-14(6-10-23-15)24(21,22)19-7-1-2-8-19;/h6,10,12-13,17H,1-5,7-9,11H2;1H. The van der Waals surface area contributed by atoms with Crippen LogP contribution < -0.4 is 5.32 Å². The molecule has 3 aliphatic heterocycles. The van der Waals surface area contributed by atoms with Crippen LogP contribution in [0, 0.1) is 0 Å². The van der Waals surface area contributed by atoms with Gasteiger partial charge in [-0.1, -0.05) is 0 Å². The van der Waals surface area contributed by atoms with E-state index >= 15 is 0 Å². The lowest BCUT2D eigenvalue weighted by atomic mass is 10.1. The third-order valence-electron chi connectivity index (χ3n) is 5.32. The number of fused-ring (bicyclic) bond motifs is 2. The third-order valence-corrected chi connectivity index (χ3v) is 8.29. The van der Waals surface area contributed by atoms with E-state index in [1.54, 1.807) is 11.4 Å². The van der Waals surface area contributed by atoms with Crippen molar-refractivity contribution in [3.05, 3.63) is 16.3 Å². The van der Waals surface area contributed by atoms with Crippen LogP contribution >= 0.6 is 23.7 Å². The molecule has 0 radical (unpaired) electrons. The molecule has 4 rings (SSSR count). The summed E-state index contributed by atoms with van der Waals surface area (Å²) in [7, 11) is -3.55. The minimum absolute atomic E-state index is 0. The normalized spacial score (nSPS) is 27.1. The number of amides is 1. The second kappa shape index (κ2) is 7.52. The van der Waals surface area contributed by atoms with Crippen molar-refractivity contribution in [3.8, 4) is 0 Å². The van der Waals surface area contributed by atoms with Crippen LogP contribution in [0.3, 0.4) is 0 Å². The van der Waals surface area contributed by atoms with E-state index in [4.69, 9.17) is 0 Å². The fraction of sp³-hybridized carbons (Fsp3) is 0.688. The van der Waals surface area contributed by atoms with Gasteiger partial charge >= 0.3 is 0 Å². The maximum absolute atomic E-state index is 13.0.